The highest BCUT2D eigenvalue weighted by molar-refractivity contribution is 9.15. The monoisotopic (exact) mass is 546 g/mol. The Morgan fingerprint density at radius 2 is 1.24 bits per heavy atom. The summed E-state index contributed by atoms with van der Waals surface area (Å²) in [6.07, 6.45) is 0. The standard InChI is InChI=1S/C12H7Br5/c1-4-3-6-7(8(13)5(4)2)10(15)12(17)11(16)9(6)14/h3H,1-2H3. The molecule has 0 aromatic heterocycles. The van der Waals surface area contributed by atoms with E-state index >= 15 is 0 Å². The molecular formula is C12H7Br5. The van der Waals surface area contributed by atoms with Crippen molar-refractivity contribution in [2.24, 2.45) is 0 Å². The topological polar surface area (TPSA) is 0 Å². The lowest BCUT2D eigenvalue weighted by molar-refractivity contribution is 1.33. The van der Waals surface area contributed by atoms with Crippen LogP contribution in [-0.2, 0) is 0 Å². The Bertz CT molecular complexity index is 623. The fourth-order valence-electron chi connectivity index (χ4n) is 1.68. The summed E-state index contributed by atoms with van der Waals surface area (Å²) in [6.45, 7) is 4.24. The predicted octanol–water partition coefficient (Wildman–Crippen LogP) is 7.27. The van der Waals surface area contributed by atoms with Gasteiger partial charge in [-0.15, -0.1) is 0 Å². The number of fused-ring (bicyclic) bond motifs is 1. The molecule has 0 radical (unpaired) electrons. The van der Waals surface area contributed by atoms with Gasteiger partial charge in [0.25, 0.3) is 0 Å². The van der Waals surface area contributed by atoms with E-state index in [1.165, 1.54) is 21.9 Å². The Labute approximate surface area is 142 Å². The van der Waals surface area contributed by atoms with Gasteiger partial charge in [-0.25, -0.2) is 0 Å². The number of rotatable bonds is 0. The van der Waals surface area contributed by atoms with E-state index in [0.717, 1.165) is 22.4 Å². The molecule has 0 atom stereocenters. The maximum absolute atomic E-state index is 3.69. The zero-order valence-electron chi connectivity index (χ0n) is 8.97. The summed E-state index contributed by atoms with van der Waals surface area (Å²) in [6, 6.07) is 2.20. The molecule has 0 N–H and O–H groups in total. The van der Waals surface area contributed by atoms with E-state index in [9.17, 15) is 0 Å². The van der Waals surface area contributed by atoms with E-state index < -0.39 is 0 Å². The Morgan fingerprint density at radius 1 is 0.706 bits per heavy atom. The highest BCUT2D eigenvalue weighted by Crippen LogP contribution is 2.46. The second-order valence-electron chi connectivity index (χ2n) is 3.81. The Hall–Kier alpha value is 1.10. The first-order valence-electron chi connectivity index (χ1n) is 4.77. The molecule has 5 heteroatoms. The molecule has 0 aliphatic carbocycles. The molecule has 0 nitrogen and oxygen atoms in total. The van der Waals surface area contributed by atoms with Crippen LogP contribution < -0.4 is 0 Å². The van der Waals surface area contributed by atoms with Crippen LogP contribution in [0.25, 0.3) is 10.8 Å². The van der Waals surface area contributed by atoms with E-state index in [2.05, 4.69) is 99.6 Å². The maximum Gasteiger partial charge on any atom is 0.0477 e. The molecular weight excluding hydrogens is 544 g/mol. The van der Waals surface area contributed by atoms with Gasteiger partial charge in [-0.05, 0) is 116 Å². The molecule has 17 heavy (non-hydrogen) atoms. The Balaban J connectivity index is 3.12. The molecule has 0 heterocycles. The molecule has 0 aliphatic heterocycles. The highest BCUT2D eigenvalue weighted by Gasteiger charge is 2.17. The summed E-state index contributed by atoms with van der Waals surface area (Å²) < 4.78 is 5.28. The summed E-state index contributed by atoms with van der Waals surface area (Å²) in [5.41, 5.74) is 2.53. The highest BCUT2D eigenvalue weighted by atomic mass is 79.9. The van der Waals surface area contributed by atoms with Gasteiger partial charge in [0.05, 0.1) is 0 Å². The van der Waals surface area contributed by atoms with Crippen molar-refractivity contribution in [1.29, 1.82) is 0 Å². The van der Waals surface area contributed by atoms with Crippen molar-refractivity contribution in [3.63, 3.8) is 0 Å². The molecule has 0 bridgehead atoms. The summed E-state index contributed by atoms with van der Waals surface area (Å²) in [5, 5.41) is 2.36. The molecule has 0 saturated carbocycles. The second kappa shape index (κ2) is 5.23. The minimum atomic E-state index is 1.01. The third kappa shape index (κ3) is 2.31. The predicted molar refractivity (Wildman–Crippen MR) is 91.9 cm³/mol. The van der Waals surface area contributed by atoms with Gasteiger partial charge < -0.3 is 0 Å². The second-order valence-corrected chi connectivity index (χ2v) is 7.78. The molecule has 0 amide bonds. The minimum absolute atomic E-state index is 1.01. The van der Waals surface area contributed by atoms with E-state index in [-0.39, 0.29) is 0 Å². The van der Waals surface area contributed by atoms with Crippen LogP contribution in [0.1, 0.15) is 11.1 Å². The third-order valence-corrected chi connectivity index (χ3v) is 8.59. The number of aryl methyl sites for hydroxylation is 1. The molecule has 2 rings (SSSR count). The zero-order chi connectivity index (χ0) is 12.9. The van der Waals surface area contributed by atoms with Crippen LogP contribution in [-0.4, -0.2) is 0 Å². The van der Waals surface area contributed by atoms with Gasteiger partial charge in [-0.2, -0.15) is 0 Å². The van der Waals surface area contributed by atoms with Gasteiger partial charge >= 0.3 is 0 Å². The smallest absolute Gasteiger partial charge is 0.0477 e. The molecule has 0 unspecified atom stereocenters. The van der Waals surface area contributed by atoms with Crippen LogP contribution in [0.15, 0.2) is 28.4 Å². The van der Waals surface area contributed by atoms with E-state index in [1.54, 1.807) is 0 Å². The lowest BCUT2D eigenvalue weighted by Crippen LogP contribution is -1.90. The Kier molecular flexibility index (Phi) is 4.47. The summed E-state index contributed by atoms with van der Waals surface area (Å²) in [4.78, 5) is 0. The fourth-order valence-corrected chi connectivity index (χ4v) is 5.14. The first-order valence-corrected chi connectivity index (χ1v) is 8.74. The molecule has 0 spiro atoms. The van der Waals surface area contributed by atoms with Crippen molar-refractivity contribution in [2.45, 2.75) is 13.8 Å². The van der Waals surface area contributed by atoms with Crippen LogP contribution in [0.4, 0.5) is 0 Å². The molecule has 90 valence electrons. The Morgan fingerprint density at radius 3 is 1.82 bits per heavy atom. The number of hydrogen-bond acceptors (Lipinski definition) is 0. The normalized spacial score (nSPS) is 11.2. The van der Waals surface area contributed by atoms with Crippen molar-refractivity contribution in [3.8, 4) is 0 Å². The molecule has 0 fully saturated rings. The number of benzene rings is 2. The van der Waals surface area contributed by atoms with Gasteiger partial charge in [0.2, 0.25) is 0 Å². The van der Waals surface area contributed by atoms with Crippen LogP contribution in [0.2, 0.25) is 0 Å². The van der Waals surface area contributed by atoms with Crippen molar-refractivity contribution in [2.75, 3.05) is 0 Å². The number of hydrogen-bond donors (Lipinski definition) is 0. The summed E-state index contributed by atoms with van der Waals surface area (Å²) in [5.74, 6) is 0. The van der Waals surface area contributed by atoms with Crippen molar-refractivity contribution in [3.05, 3.63) is 39.6 Å². The first-order chi connectivity index (χ1) is 7.86. The molecule has 2 aromatic carbocycles. The van der Waals surface area contributed by atoms with Crippen LogP contribution in [0, 0.1) is 13.8 Å². The van der Waals surface area contributed by atoms with Gasteiger partial charge in [0, 0.05) is 27.7 Å². The van der Waals surface area contributed by atoms with Crippen molar-refractivity contribution < 1.29 is 0 Å². The maximum atomic E-state index is 3.69. The molecule has 2 aromatic rings. The average molecular weight is 551 g/mol. The van der Waals surface area contributed by atoms with Crippen molar-refractivity contribution in [1.82, 2.24) is 0 Å². The van der Waals surface area contributed by atoms with Crippen LogP contribution in [0.3, 0.4) is 0 Å². The van der Waals surface area contributed by atoms with E-state index in [1.807, 2.05) is 0 Å². The largest absolute Gasteiger partial charge is 0.0499 e. The van der Waals surface area contributed by atoms with Crippen LogP contribution >= 0.6 is 79.6 Å². The summed E-state index contributed by atoms with van der Waals surface area (Å²) in [7, 11) is 0. The van der Waals surface area contributed by atoms with Gasteiger partial charge in [-0.1, -0.05) is 0 Å². The van der Waals surface area contributed by atoms with Crippen LogP contribution in [0.5, 0.6) is 0 Å². The zero-order valence-corrected chi connectivity index (χ0v) is 16.9. The first kappa shape index (κ1) is 14.5. The lowest BCUT2D eigenvalue weighted by Gasteiger charge is -2.14. The van der Waals surface area contributed by atoms with E-state index in [4.69, 9.17) is 0 Å². The van der Waals surface area contributed by atoms with Gasteiger partial charge in [0.1, 0.15) is 0 Å². The molecule has 0 saturated heterocycles. The quantitative estimate of drug-likeness (QED) is 0.239. The van der Waals surface area contributed by atoms with E-state index in [0.29, 0.717) is 0 Å². The summed E-state index contributed by atoms with van der Waals surface area (Å²) >= 11 is 18.1. The van der Waals surface area contributed by atoms with Gasteiger partial charge in [-0.3, -0.25) is 0 Å². The fraction of sp³-hybridized carbons (Fsp3) is 0.167. The minimum Gasteiger partial charge on any atom is -0.0499 e. The lowest BCUT2D eigenvalue weighted by atomic mass is 10.0. The SMILES string of the molecule is Cc1cc2c(Br)c(Br)c(Br)c(Br)c2c(Br)c1C. The third-order valence-electron chi connectivity index (χ3n) is 2.80. The average Bonchev–Trinajstić information content (AvgIpc) is 2.30. The van der Waals surface area contributed by atoms with Crippen molar-refractivity contribution >= 4 is 90.4 Å². The number of halogens is 5. The van der Waals surface area contributed by atoms with Gasteiger partial charge in [0.15, 0.2) is 0 Å². The molecule has 0 aliphatic rings.